The zero-order valence-electron chi connectivity index (χ0n) is 24.4. The molecule has 1 fully saturated rings. The average Bonchev–Trinajstić information content (AvgIpc) is 3.00. The Kier molecular flexibility index (Phi) is 12.0. The van der Waals surface area contributed by atoms with Gasteiger partial charge in [-0.1, -0.05) is 64.7 Å². The van der Waals surface area contributed by atoms with Crippen LogP contribution in [0, 0.1) is 5.92 Å². The standard InChI is InChI=1S/C35H46N2O3/c1-3-5-6-7-8-9-10-11-12-27-13-15-28(16-14-27)31-25-36-34(37-26-31)29-17-23-33(24-18-29)40-35(38)30-19-21-32(22-20-30)39-4-2/h17-28H,3-16H2,1-2H3/t27-,28-. The molecule has 214 valence electrons. The number of hydrogen-bond acceptors (Lipinski definition) is 5. The lowest BCUT2D eigenvalue weighted by Crippen LogP contribution is -2.14. The molecule has 5 nitrogen and oxygen atoms in total. The van der Waals surface area contributed by atoms with Crippen LogP contribution >= 0.6 is 0 Å². The summed E-state index contributed by atoms with van der Waals surface area (Å²) in [5.74, 6) is 2.99. The van der Waals surface area contributed by atoms with Gasteiger partial charge >= 0.3 is 5.97 Å². The van der Waals surface area contributed by atoms with E-state index in [1.54, 1.807) is 36.4 Å². The van der Waals surface area contributed by atoms with E-state index in [0.29, 0.717) is 29.7 Å². The summed E-state index contributed by atoms with van der Waals surface area (Å²) >= 11 is 0. The fourth-order valence-electron chi connectivity index (χ4n) is 5.74. The number of carbonyl (C=O) groups excluding carboxylic acids is 1. The van der Waals surface area contributed by atoms with Crippen LogP contribution in [0.25, 0.3) is 11.4 Å². The van der Waals surface area contributed by atoms with Crippen molar-refractivity contribution in [3.63, 3.8) is 0 Å². The highest BCUT2D eigenvalue weighted by Crippen LogP contribution is 2.37. The average molecular weight is 543 g/mol. The summed E-state index contributed by atoms with van der Waals surface area (Å²) in [6, 6.07) is 14.3. The van der Waals surface area contributed by atoms with E-state index in [0.717, 1.165) is 17.2 Å². The van der Waals surface area contributed by atoms with E-state index in [-0.39, 0.29) is 0 Å². The van der Waals surface area contributed by atoms with Crippen molar-refractivity contribution in [2.24, 2.45) is 5.92 Å². The first-order chi connectivity index (χ1) is 19.7. The van der Waals surface area contributed by atoms with Gasteiger partial charge in [0.25, 0.3) is 0 Å². The molecular weight excluding hydrogens is 496 g/mol. The Balaban J connectivity index is 1.19. The van der Waals surface area contributed by atoms with Crippen LogP contribution in [0.2, 0.25) is 0 Å². The maximum atomic E-state index is 12.5. The minimum Gasteiger partial charge on any atom is -0.494 e. The van der Waals surface area contributed by atoms with Gasteiger partial charge < -0.3 is 9.47 Å². The van der Waals surface area contributed by atoms with Gasteiger partial charge in [-0.2, -0.15) is 0 Å². The maximum absolute atomic E-state index is 12.5. The normalized spacial score (nSPS) is 16.9. The monoisotopic (exact) mass is 542 g/mol. The van der Waals surface area contributed by atoms with Crippen molar-refractivity contribution in [3.05, 3.63) is 72.1 Å². The predicted molar refractivity (Wildman–Crippen MR) is 162 cm³/mol. The van der Waals surface area contributed by atoms with E-state index in [1.807, 2.05) is 31.5 Å². The van der Waals surface area contributed by atoms with Gasteiger partial charge in [0.2, 0.25) is 0 Å². The molecule has 3 aromatic rings. The zero-order valence-corrected chi connectivity index (χ0v) is 24.4. The molecule has 0 radical (unpaired) electrons. The Morgan fingerprint density at radius 2 is 1.35 bits per heavy atom. The first kappa shape index (κ1) is 29.8. The number of benzene rings is 2. The molecular formula is C35H46N2O3. The van der Waals surface area contributed by atoms with E-state index in [9.17, 15) is 4.79 Å². The quantitative estimate of drug-likeness (QED) is 0.109. The Morgan fingerprint density at radius 1 is 0.750 bits per heavy atom. The second-order valence-electron chi connectivity index (χ2n) is 11.2. The highest BCUT2D eigenvalue weighted by Gasteiger charge is 2.22. The van der Waals surface area contributed by atoms with Gasteiger partial charge in [-0.25, -0.2) is 14.8 Å². The van der Waals surface area contributed by atoms with Gasteiger partial charge in [0.15, 0.2) is 5.82 Å². The van der Waals surface area contributed by atoms with Crippen molar-refractivity contribution in [1.82, 2.24) is 9.97 Å². The molecule has 0 atom stereocenters. The Bertz CT molecular complexity index is 1130. The topological polar surface area (TPSA) is 61.3 Å². The third-order valence-corrected chi connectivity index (χ3v) is 8.18. The molecule has 1 heterocycles. The summed E-state index contributed by atoms with van der Waals surface area (Å²) in [6.07, 6.45) is 21.8. The number of ether oxygens (including phenoxy) is 2. The molecule has 0 bridgehead atoms. The highest BCUT2D eigenvalue weighted by atomic mass is 16.5. The second kappa shape index (κ2) is 16.2. The third kappa shape index (κ3) is 9.18. The smallest absolute Gasteiger partial charge is 0.343 e. The molecule has 5 heteroatoms. The van der Waals surface area contributed by atoms with Crippen molar-refractivity contribution in [2.45, 2.75) is 103 Å². The van der Waals surface area contributed by atoms with Crippen molar-refractivity contribution in [2.75, 3.05) is 6.61 Å². The molecule has 2 aromatic carbocycles. The molecule has 0 unspecified atom stereocenters. The number of carbonyl (C=O) groups is 1. The largest absolute Gasteiger partial charge is 0.494 e. The number of aromatic nitrogens is 2. The summed E-state index contributed by atoms with van der Waals surface area (Å²) in [7, 11) is 0. The van der Waals surface area contributed by atoms with E-state index in [4.69, 9.17) is 9.47 Å². The summed E-state index contributed by atoms with van der Waals surface area (Å²) in [6.45, 7) is 4.80. The number of rotatable bonds is 15. The van der Waals surface area contributed by atoms with Crippen LogP contribution < -0.4 is 9.47 Å². The van der Waals surface area contributed by atoms with Gasteiger partial charge in [0, 0.05) is 18.0 Å². The minimum atomic E-state index is -0.399. The first-order valence-electron chi connectivity index (χ1n) is 15.5. The second-order valence-corrected chi connectivity index (χ2v) is 11.2. The van der Waals surface area contributed by atoms with Gasteiger partial charge in [-0.3, -0.25) is 0 Å². The fraction of sp³-hybridized carbons (Fsp3) is 0.514. The Morgan fingerprint density at radius 3 is 1.98 bits per heavy atom. The maximum Gasteiger partial charge on any atom is 0.343 e. The van der Waals surface area contributed by atoms with Crippen LogP contribution in [0.3, 0.4) is 0 Å². The molecule has 0 N–H and O–H groups in total. The van der Waals surface area contributed by atoms with E-state index >= 15 is 0 Å². The fourth-order valence-corrected chi connectivity index (χ4v) is 5.74. The third-order valence-electron chi connectivity index (χ3n) is 8.18. The number of nitrogens with zero attached hydrogens (tertiary/aromatic N) is 2. The molecule has 40 heavy (non-hydrogen) atoms. The van der Waals surface area contributed by atoms with Gasteiger partial charge in [-0.05, 0) is 98.5 Å². The molecule has 1 aliphatic rings. The van der Waals surface area contributed by atoms with E-state index in [2.05, 4.69) is 16.9 Å². The number of esters is 1. The van der Waals surface area contributed by atoms with Crippen LogP contribution in [-0.4, -0.2) is 22.5 Å². The van der Waals surface area contributed by atoms with E-state index in [1.165, 1.54) is 89.0 Å². The zero-order chi connectivity index (χ0) is 28.0. The van der Waals surface area contributed by atoms with Crippen molar-refractivity contribution in [3.8, 4) is 22.9 Å². The Labute approximate surface area is 240 Å². The van der Waals surface area contributed by atoms with Crippen LogP contribution in [0.1, 0.15) is 119 Å². The lowest BCUT2D eigenvalue weighted by Gasteiger charge is -2.28. The molecule has 4 rings (SSSR count). The molecule has 1 aliphatic carbocycles. The van der Waals surface area contributed by atoms with Crippen molar-refractivity contribution < 1.29 is 14.3 Å². The summed E-state index contributed by atoms with van der Waals surface area (Å²) in [5.41, 5.74) is 2.64. The van der Waals surface area contributed by atoms with Crippen molar-refractivity contribution >= 4 is 5.97 Å². The lowest BCUT2D eigenvalue weighted by atomic mass is 9.77. The van der Waals surface area contributed by atoms with Crippen LogP contribution in [0.4, 0.5) is 0 Å². The van der Waals surface area contributed by atoms with Crippen molar-refractivity contribution in [1.29, 1.82) is 0 Å². The molecule has 1 aromatic heterocycles. The number of unbranched alkanes of at least 4 members (excludes halogenated alkanes) is 7. The summed E-state index contributed by atoms with van der Waals surface area (Å²) in [5, 5.41) is 0. The predicted octanol–water partition coefficient (Wildman–Crippen LogP) is 9.57. The summed E-state index contributed by atoms with van der Waals surface area (Å²) < 4.78 is 11.0. The molecule has 0 amide bonds. The molecule has 1 saturated carbocycles. The molecule has 0 aliphatic heterocycles. The first-order valence-corrected chi connectivity index (χ1v) is 15.5. The molecule has 0 saturated heterocycles. The molecule has 0 spiro atoms. The summed E-state index contributed by atoms with van der Waals surface area (Å²) in [4.78, 5) is 21.8. The van der Waals surface area contributed by atoms with E-state index < -0.39 is 5.97 Å². The highest BCUT2D eigenvalue weighted by molar-refractivity contribution is 5.91. The lowest BCUT2D eigenvalue weighted by molar-refractivity contribution is 0.0734. The van der Waals surface area contributed by atoms with Gasteiger partial charge in [-0.15, -0.1) is 0 Å². The van der Waals surface area contributed by atoms with Crippen LogP contribution in [0.5, 0.6) is 11.5 Å². The van der Waals surface area contributed by atoms with Crippen LogP contribution in [-0.2, 0) is 0 Å². The Hall–Kier alpha value is -3.21. The minimum absolute atomic E-state index is 0.399. The van der Waals surface area contributed by atoms with Gasteiger partial charge in [0.05, 0.1) is 12.2 Å². The van der Waals surface area contributed by atoms with Gasteiger partial charge in [0.1, 0.15) is 11.5 Å². The number of hydrogen-bond donors (Lipinski definition) is 0. The SMILES string of the molecule is CCCCCCCCCC[C@H]1CC[C@H](c2cnc(-c3ccc(OC(=O)c4ccc(OCC)cc4)cc3)nc2)CC1. The van der Waals surface area contributed by atoms with Crippen LogP contribution in [0.15, 0.2) is 60.9 Å².